The van der Waals surface area contributed by atoms with E-state index in [1.54, 1.807) is 27.7 Å². The molecule has 0 bridgehead atoms. The molecule has 0 heterocycles. The minimum Gasteiger partial charge on any atom is -0.454 e. The van der Waals surface area contributed by atoms with Crippen LogP contribution in [0.15, 0.2) is 12.2 Å². The van der Waals surface area contributed by atoms with Crippen molar-refractivity contribution in [1.29, 1.82) is 0 Å². The molecule has 0 aromatic rings. The first kappa shape index (κ1) is 15.6. The Kier molecular flexibility index (Phi) is 6.39. The summed E-state index contributed by atoms with van der Waals surface area (Å²) in [6.45, 7) is 8.32. The first-order valence-corrected chi connectivity index (χ1v) is 5.68. The van der Waals surface area contributed by atoms with E-state index in [2.05, 4.69) is 0 Å². The van der Waals surface area contributed by atoms with Crippen LogP contribution in [0.5, 0.6) is 0 Å². The SMILES string of the molecule is CC(=O)O[C@H](C(=O)/C=C/C(=O)C(C)C)C(C)C. The van der Waals surface area contributed by atoms with Gasteiger partial charge in [-0.1, -0.05) is 27.7 Å². The second-order valence-corrected chi connectivity index (χ2v) is 4.57. The fourth-order valence-electron chi connectivity index (χ4n) is 1.15. The molecule has 1 atom stereocenters. The number of carbonyl (C=O) groups excluding carboxylic acids is 3. The van der Waals surface area contributed by atoms with Gasteiger partial charge in [0, 0.05) is 12.8 Å². The van der Waals surface area contributed by atoms with E-state index >= 15 is 0 Å². The van der Waals surface area contributed by atoms with Gasteiger partial charge in [-0.3, -0.25) is 14.4 Å². The topological polar surface area (TPSA) is 60.4 Å². The third-order valence-electron chi connectivity index (χ3n) is 2.16. The maximum Gasteiger partial charge on any atom is 0.303 e. The van der Waals surface area contributed by atoms with Crippen LogP contribution >= 0.6 is 0 Å². The van der Waals surface area contributed by atoms with E-state index in [9.17, 15) is 14.4 Å². The standard InChI is InChI=1S/C13H20O4/c1-8(2)11(15)6-7-12(16)13(9(3)4)17-10(5)14/h6-9,13H,1-5H3/b7-6+/t13-/m0/s1. The molecule has 4 heteroatoms. The highest BCUT2D eigenvalue weighted by Gasteiger charge is 2.23. The average Bonchev–Trinajstić information content (AvgIpc) is 2.21. The first-order chi connectivity index (χ1) is 7.75. The van der Waals surface area contributed by atoms with Gasteiger partial charge in [0.25, 0.3) is 0 Å². The number of allylic oxidation sites excluding steroid dienone is 1. The number of ether oxygens (including phenoxy) is 1. The van der Waals surface area contributed by atoms with E-state index in [0.717, 1.165) is 0 Å². The van der Waals surface area contributed by atoms with Crippen LogP contribution in [0, 0.1) is 11.8 Å². The van der Waals surface area contributed by atoms with E-state index in [4.69, 9.17) is 4.74 Å². The quantitative estimate of drug-likeness (QED) is 0.525. The molecule has 0 aliphatic heterocycles. The molecule has 0 aliphatic carbocycles. The molecule has 0 aliphatic rings. The van der Waals surface area contributed by atoms with Crippen LogP contribution in [-0.2, 0) is 19.1 Å². The van der Waals surface area contributed by atoms with E-state index < -0.39 is 12.1 Å². The lowest BCUT2D eigenvalue weighted by molar-refractivity contribution is -0.153. The van der Waals surface area contributed by atoms with Crippen molar-refractivity contribution >= 4 is 17.5 Å². The summed E-state index contributed by atoms with van der Waals surface area (Å²) in [7, 11) is 0. The number of ketones is 2. The van der Waals surface area contributed by atoms with Gasteiger partial charge in [0.1, 0.15) is 0 Å². The lowest BCUT2D eigenvalue weighted by Crippen LogP contribution is -2.30. The summed E-state index contributed by atoms with van der Waals surface area (Å²) >= 11 is 0. The van der Waals surface area contributed by atoms with Gasteiger partial charge in [-0.25, -0.2) is 0 Å². The van der Waals surface area contributed by atoms with Gasteiger partial charge in [0.15, 0.2) is 17.7 Å². The van der Waals surface area contributed by atoms with E-state index in [0.29, 0.717) is 0 Å². The molecule has 0 N–H and O–H groups in total. The average molecular weight is 240 g/mol. The summed E-state index contributed by atoms with van der Waals surface area (Å²) in [5.41, 5.74) is 0. The van der Waals surface area contributed by atoms with Gasteiger partial charge in [-0.15, -0.1) is 0 Å². The van der Waals surface area contributed by atoms with Crippen molar-refractivity contribution in [2.24, 2.45) is 11.8 Å². The summed E-state index contributed by atoms with van der Waals surface area (Å²) < 4.78 is 4.92. The molecule has 96 valence electrons. The zero-order valence-corrected chi connectivity index (χ0v) is 11.0. The van der Waals surface area contributed by atoms with Gasteiger partial charge in [-0.05, 0) is 18.1 Å². The maximum atomic E-state index is 11.7. The van der Waals surface area contributed by atoms with Crippen molar-refractivity contribution < 1.29 is 19.1 Å². The van der Waals surface area contributed by atoms with Crippen LogP contribution in [0.3, 0.4) is 0 Å². The molecular weight excluding hydrogens is 220 g/mol. The van der Waals surface area contributed by atoms with Crippen molar-refractivity contribution in [3.05, 3.63) is 12.2 Å². The molecule has 0 radical (unpaired) electrons. The first-order valence-electron chi connectivity index (χ1n) is 5.68. The zero-order valence-electron chi connectivity index (χ0n) is 11.0. The second kappa shape index (κ2) is 6.99. The van der Waals surface area contributed by atoms with Gasteiger partial charge in [0.05, 0.1) is 0 Å². The van der Waals surface area contributed by atoms with Crippen LogP contribution in [0.1, 0.15) is 34.6 Å². The Hall–Kier alpha value is -1.45. The maximum absolute atomic E-state index is 11.7. The third-order valence-corrected chi connectivity index (χ3v) is 2.16. The van der Waals surface area contributed by atoms with E-state index in [1.165, 1.54) is 19.1 Å². The van der Waals surface area contributed by atoms with Crippen LogP contribution in [0.2, 0.25) is 0 Å². The van der Waals surface area contributed by atoms with Crippen molar-refractivity contribution in [3.63, 3.8) is 0 Å². The highest BCUT2D eigenvalue weighted by molar-refractivity contribution is 6.01. The summed E-state index contributed by atoms with van der Waals surface area (Å²) in [5, 5.41) is 0. The zero-order chi connectivity index (χ0) is 13.6. The fraction of sp³-hybridized carbons (Fsp3) is 0.615. The Morgan fingerprint density at radius 1 is 0.941 bits per heavy atom. The Labute approximate surface area is 102 Å². The molecule has 0 fully saturated rings. The second-order valence-electron chi connectivity index (χ2n) is 4.57. The predicted molar refractivity (Wildman–Crippen MR) is 64.4 cm³/mol. The predicted octanol–water partition coefficient (Wildman–Crippen LogP) is 1.92. The minimum absolute atomic E-state index is 0.120. The summed E-state index contributed by atoms with van der Waals surface area (Å²) in [6.07, 6.45) is 1.62. The monoisotopic (exact) mass is 240 g/mol. The highest BCUT2D eigenvalue weighted by atomic mass is 16.5. The van der Waals surface area contributed by atoms with E-state index in [-0.39, 0.29) is 23.4 Å². The number of rotatable bonds is 6. The van der Waals surface area contributed by atoms with Gasteiger partial charge in [-0.2, -0.15) is 0 Å². The fourth-order valence-corrected chi connectivity index (χ4v) is 1.15. The summed E-state index contributed by atoms with van der Waals surface area (Å²) in [6, 6.07) is 0. The van der Waals surface area contributed by atoms with Gasteiger partial charge in [0.2, 0.25) is 0 Å². The van der Waals surface area contributed by atoms with Gasteiger partial charge >= 0.3 is 5.97 Å². The Morgan fingerprint density at radius 3 is 1.76 bits per heavy atom. The van der Waals surface area contributed by atoms with Crippen LogP contribution in [0.4, 0.5) is 0 Å². The Morgan fingerprint density at radius 2 is 1.41 bits per heavy atom. The van der Waals surface area contributed by atoms with E-state index in [1.807, 2.05) is 0 Å². The molecule has 0 spiro atoms. The molecule has 0 unspecified atom stereocenters. The largest absolute Gasteiger partial charge is 0.454 e. The molecule has 17 heavy (non-hydrogen) atoms. The molecule has 0 aromatic heterocycles. The van der Waals surface area contributed by atoms with Crippen molar-refractivity contribution in [1.82, 2.24) is 0 Å². The minimum atomic E-state index is -0.816. The van der Waals surface area contributed by atoms with Crippen LogP contribution in [0.25, 0.3) is 0 Å². The normalized spacial score (nSPS) is 13.1. The molecule has 0 saturated heterocycles. The Balaban J connectivity index is 4.64. The Bertz CT molecular complexity index is 326. The number of esters is 1. The number of carbonyl (C=O) groups is 3. The molecule has 0 aromatic carbocycles. The number of hydrogen-bond acceptors (Lipinski definition) is 4. The highest BCUT2D eigenvalue weighted by Crippen LogP contribution is 2.09. The summed E-state index contributed by atoms with van der Waals surface area (Å²) in [5.74, 6) is -1.25. The third kappa shape index (κ3) is 6.00. The van der Waals surface area contributed by atoms with Gasteiger partial charge < -0.3 is 4.74 Å². The van der Waals surface area contributed by atoms with Crippen LogP contribution < -0.4 is 0 Å². The molecule has 0 rings (SSSR count). The molecule has 0 saturated carbocycles. The molecular formula is C13H20O4. The number of hydrogen-bond donors (Lipinski definition) is 0. The van der Waals surface area contributed by atoms with Crippen molar-refractivity contribution in [2.75, 3.05) is 0 Å². The van der Waals surface area contributed by atoms with Crippen LogP contribution in [-0.4, -0.2) is 23.6 Å². The van der Waals surface area contributed by atoms with Crippen molar-refractivity contribution in [2.45, 2.75) is 40.7 Å². The molecule has 0 amide bonds. The van der Waals surface area contributed by atoms with Crippen molar-refractivity contribution in [3.8, 4) is 0 Å². The molecule has 4 nitrogen and oxygen atoms in total. The lowest BCUT2D eigenvalue weighted by atomic mass is 10.0. The smallest absolute Gasteiger partial charge is 0.303 e. The lowest BCUT2D eigenvalue weighted by Gasteiger charge is -2.17. The summed E-state index contributed by atoms with van der Waals surface area (Å²) in [4.78, 5) is 33.9.